The molecule has 1 unspecified atom stereocenters. The molecule has 2 aromatic rings. The topological polar surface area (TPSA) is 70.0 Å². The lowest BCUT2D eigenvalue weighted by Crippen LogP contribution is -2.41. The third kappa shape index (κ3) is 5.08. The van der Waals surface area contributed by atoms with Gasteiger partial charge in [-0.3, -0.25) is 9.79 Å². The number of piperidine rings is 1. The molecule has 2 aliphatic rings. The maximum absolute atomic E-state index is 12.9. The van der Waals surface area contributed by atoms with Crippen molar-refractivity contribution in [3.63, 3.8) is 0 Å². The number of benzene rings is 2. The van der Waals surface area contributed by atoms with Crippen LogP contribution in [-0.4, -0.2) is 67.5 Å². The van der Waals surface area contributed by atoms with Crippen LogP contribution in [0.3, 0.4) is 0 Å². The summed E-state index contributed by atoms with van der Waals surface area (Å²) in [7, 11) is 0.221. The summed E-state index contributed by atoms with van der Waals surface area (Å²) in [5.74, 6) is 0.139. The predicted octanol–water partition coefficient (Wildman–Crippen LogP) is 4.44. The summed E-state index contributed by atoms with van der Waals surface area (Å²) in [5.41, 5.74) is 1.06. The number of amidine groups is 1. The smallest absolute Gasteiger partial charge is 0.223 e. The van der Waals surface area contributed by atoms with E-state index in [0.717, 1.165) is 34.5 Å². The van der Waals surface area contributed by atoms with Crippen LogP contribution in [0, 0.1) is 5.92 Å². The molecule has 1 atom stereocenters. The Morgan fingerprint density at radius 2 is 1.85 bits per heavy atom. The standard InChI is InChI=1S/C24H28ClN3O3S2/c1-16-23(32-24(26-2)27(16)3)17-8-11-28(12-9-17)22(29)10-13-33(30,31)21-7-5-18-14-20(25)6-4-19(18)15-21/h4-7,14-15,17,23H,1,8-13H2,2-3H3. The van der Waals surface area contributed by atoms with E-state index >= 15 is 0 Å². The summed E-state index contributed by atoms with van der Waals surface area (Å²) in [4.78, 5) is 21.2. The summed E-state index contributed by atoms with van der Waals surface area (Å²) >= 11 is 7.75. The third-order valence-corrected chi connectivity index (χ3v) is 10.0. The molecule has 2 saturated heterocycles. The number of sulfone groups is 1. The van der Waals surface area contributed by atoms with E-state index in [-0.39, 0.29) is 28.2 Å². The Morgan fingerprint density at radius 3 is 2.52 bits per heavy atom. The number of likely N-dealkylation sites (tertiary alicyclic amines) is 1. The van der Waals surface area contributed by atoms with Gasteiger partial charge in [0.2, 0.25) is 5.91 Å². The lowest BCUT2D eigenvalue weighted by Gasteiger charge is -2.34. The maximum atomic E-state index is 12.9. The Morgan fingerprint density at radius 1 is 1.18 bits per heavy atom. The van der Waals surface area contributed by atoms with Gasteiger partial charge in [-0.15, -0.1) is 0 Å². The molecule has 2 fully saturated rings. The average Bonchev–Trinajstić information content (AvgIpc) is 3.11. The van der Waals surface area contributed by atoms with Crippen molar-refractivity contribution in [3.8, 4) is 0 Å². The molecule has 0 bridgehead atoms. The van der Waals surface area contributed by atoms with Gasteiger partial charge in [0, 0.05) is 44.3 Å². The molecular weight excluding hydrogens is 478 g/mol. The molecule has 0 aliphatic carbocycles. The maximum Gasteiger partial charge on any atom is 0.223 e. The number of hydrogen-bond donors (Lipinski definition) is 0. The van der Waals surface area contributed by atoms with E-state index in [1.54, 1.807) is 60.1 Å². The lowest BCUT2D eigenvalue weighted by molar-refractivity contribution is -0.132. The molecule has 0 aromatic heterocycles. The van der Waals surface area contributed by atoms with Gasteiger partial charge in [0.25, 0.3) is 0 Å². The number of carbonyl (C=O) groups is 1. The number of carbonyl (C=O) groups excluding carboxylic acids is 1. The highest BCUT2D eigenvalue weighted by Gasteiger charge is 2.38. The first-order chi connectivity index (χ1) is 15.7. The first-order valence-electron chi connectivity index (χ1n) is 11.0. The fourth-order valence-corrected chi connectivity index (χ4v) is 7.29. The second-order valence-corrected chi connectivity index (χ2v) is 12.2. The number of aliphatic imine (C=N–C) groups is 1. The van der Waals surface area contributed by atoms with E-state index < -0.39 is 9.84 Å². The Labute approximate surface area is 204 Å². The zero-order valence-electron chi connectivity index (χ0n) is 18.8. The molecule has 6 nitrogen and oxygen atoms in total. The van der Waals surface area contributed by atoms with Gasteiger partial charge in [-0.1, -0.05) is 42.1 Å². The average molecular weight is 506 g/mol. The van der Waals surface area contributed by atoms with Crippen molar-refractivity contribution in [1.82, 2.24) is 9.80 Å². The van der Waals surface area contributed by atoms with Crippen LogP contribution in [0.1, 0.15) is 19.3 Å². The molecule has 2 aliphatic heterocycles. The van der Waals surface area contributed by atoms with E-state index in [2.05, 4.69) is 11.6 Å². The predicted molar refractivity (Wildman–Crippen MR) is 137 cm³/mol. The van der Waals surface area contributed by atoms with Crippen LogP contribution in [0.25, 0.3) is 10.8 Å². The van der Waals surface area contributed by atoms with Crippen LogP contribution < -0.4 is 0 Å². The number of amides is 1. The van der Waals surface area contributed by atoms with E-state index in [0.29, 0.717) is 24.0 Å². The quantitative estimate of drug-likeness (QED) is 0.600. The van der Waals surface area contributed by atoms with Gasteiger partial charge in [-0.05, 0) is 53.8 Å². The molecule has 176 valence electrons. The minimum absolute atomic E-state index is 0.00802. The van der Waals surface area contributed by atoms with Crippen molar-refractivity contribution in [2.45, 2.75) is 29.4 Å². The molecule has 2 heterocycles. The highest BCUT2D eigenvalue weighted by Crippen LogP contribution is 2.41. The van der Waals surface area contributed by atoms with Crippen LogP contribution in [0.15, 0.2) is 58.6 Å². The van der Waals surface area contributed by atoms with Crippen molar-refractivity contribution < 1.29 is 13.2 Å². The van der Waals surface area contributed by atoms with Crippen LogP contribution in [0.5, 0.6) is 0 Å². The Hall–Kier alpha value is -2.03. The van der Waals surface area contributed by atoms with Crippen LogP contribution in [0.2, 0.25) is 5.02 Å². The first kappa shape index (κ1) is 24.1. The van der Waals surface area contributed by atoms with E-state index in [4.69, 9.17) is 11.6 Å². The van der Waals surface area contributed by atoms with Crippen molar-refractivity contribution >= 4 is 55.0 Å². The molecule has 0 spiro atoms. The molecule has 2 aromatic carbocycles. The first-order valence-corrected chi connectivity index (χ1v) is 13.9. The van der Waals surface area contributed by atoms with Crippen molar-refractivity contribution in [3.05, 3.63) is 53.7 Å². The number of halogens is 1. The highest BCUT2D eigenvalue weighted by atomic mass is 35.5. The van der Waals surface area contributed by atoms with Gasteiger partial charge >= 0.3 is 0 Å². The number of rotatable bonds is 5. The fraction of sp³-hybridized carbons (Fsp3) is 0.417. The number of hydrogen-bond acceptors (Lipinski definition) is 5. The van der Waals surface area contributed by atoms with Crippen molar-refractivity contribution in [2.24, 2.45) is 10.9 Å². The number of nitrogens with zero attached hydrogens (tertiary/aromatic N) is 3. The normalized spacial score (nSPS) is 21.4. The fourth-order valence-electron chi connectivity index (χ4n) is 4.48. The van der Waals surface area contributed by atoms with Gasteiger partial charge in [-0.2, -0.15) is 0 Å². The third-order valence-electron chi connectivity index (χ3n) is 6.51. The minimum Gasteiger partial charge on any atom is -0.343 e. The molecular formula is C24H28ClN3O3S2. The van der Waals surface area contributed by atoms with Crippen LogP contribution in [0.4, 0.5) is 0 Å². The molecule has 4 rings (SSSR count). The van der Waals surface area contributed by atoms with Gasteiger partial charge < -0.3 is 9.80 Å². The van der Waals surface area contributed by atoms with Gasteiger partial charge in [0.1, 0.15) is 0 Å². The zero-order valence-corrected chi connectivity index (χ0v) is 21.2. The molecule has 33 heavy (non-hydrogen) atoms. The summed E-state index contributed by atoms with van der Waals surface area (Å²) < 4.78 is 25.7. The Bertz CT molecular complexity index is 1220. The summed E-state index contributed by atoms with van der Waals surface area (Å²) in [6.45, 7) is 5.51. The summed E-state index contributed by atoms with van der Waals surface area (Å²) in [5, 5.41) is 3.56. The zero-order chi connectivity index (χ0) is 23.8. The lowest BCUT2D eigenvalue weighted by atomic mass is 9.91. The van der Waals surface area contributed by atoms with Crippen LogP contribution in [-0.2, 0) is 14.6 Å². The number of thioether (sulfide) groups is 1. The molecule has 0 N–H and O–H groups in total. The van der Waals surface area contributed by atoms with Gasteiger partial charge in [0.05, 0.1) is 15.9 Å². The second kappa shape index (κ2) is 9.68. The summed E-state index contributed by atoms with van der Waals surface area (Å²) in [6.07, 6.45) is 1.76. The van der Waals surface area contributed by atoms with Crippen molar-refractivity contribution in [1.29, 1.82) is 0 Å². The number of fused-ring (bicyclic) bond motifs is 1. The Balaban J connectivity index is 1.33. The SMILES string of the molecule is C=C1C(C2CCN(C(=O)CCS(=O)(=O)c3ccc4cc(Cl)ccc4c3)CC2)SC(=NC)N1C. The molecule has 1 amide bonds. The molecule has 9 heteroatoms. The largest absolute Gasteiger partial charge is 0.343 e. The van der Waals surface area contributed by atoms with E-state index in [1.807, 2.05) is 11.9 Å². The van der Waals surface area contributed by atoms with E-state index in [1.165, 1.54) is 0 Å². The minimum atomic E-state index is -3.56. The van der Waals surface area contributed by atoms with Gasteiger partial charge in [-0.25, -0.2) is 8.42 Å². The summed E-state index contributed by atoms with van der Waals surface area (Å²) in [6, 6.07) is 10.3. The van der Waals surface area contributed by atoms with Crippen LogP contribution >= 0.6 is 23.4 Å². The second-order valence-electron chi connectivity index (χ2n) is 8.54. The monoisotopic (exact) mass is 505 g/mol. The highest BCUT2D eigenvalue weighted by molar-refractivity contribution is 8.14. The van der Waals surface area contributed by atoms with E-state index in [9.17, 15) is 13.2 Å². The van der Waals surface area contributed by atoms with Crippen molar-refractivity contribution in [2.75, 3.05) is 32.9 Å². The molecule has 0 radical (unpaired) electrons. The van der Waals surface area contributed by atoms with Gasteiger partial charge in [0.15, 0.2) is 15.0 Å². The molecule has 0 saturated carbocycles. The Kier molecular flexibility index (Phi) is 7.07.